The topological polar surface area (TPSA) is 118 Å². The van der Waals surface area contributed by atoms with Gasteiger partial charge in [-0.3, -0.25) is 14.9 Å². The number of anilines is 1. The molecule has 0 bridgehead atoms. The van der Waals surface area contributed by atoms with Gasteiger partial charge in [0.05, 0.1) is 9.82 Å². The lowest BCUT2D eigenvalue weighted by molar-refractivity contribution is -0.385. The number of nitro benzene ring substituents is 1. The number of para-hydroxylation sites is 1. The highest BCUT2D eigenvalue weighted by molar-refractivity contribution is 7.89. The quantitative estimate of drug-likeness (QED) is 0.594. The molecule has 0 aromatic heterocycles. The van der Waals surface area contributed by atoms with Gasteiger partial charge in [0.2, 0.25) is 10.0 Å². The van der Waals surface area contributed by atoms with E-state index in [0.29, 0.717) is 5.56 Å². The Kier molecular flexibility index (Phi) is 4.75. The zero-order valence-electron chi connectivity index (χ0n) is 13.9. The number of amides is 1. The molecule has 2 aromatic rings. The van der Waals surface area contributed by atoms with E-state index in [9.17, 15) is 23.3 Å². The largest absolute Gasteiger partial charge is 0.322 e. The van der Waals surface area contributed by atoms with Gasteiger partial charge in [0, 0.05) is 17.3 Å². The maximum atomic E-state index is 12.5. The van der Waals surface area contributed by atoms with Crippen LogP contribution in [0.25, 0.3) is 0 Å². The van der Waals surface area contributed by atoms with E-state index in [1.165, 1.54) is 30.3 Å². The van der Waals surface area contributed by atoms with Gasteiger partial charge in [0.1, 0.15) is 5.56 Å². The third-order valence-corrected chi connectivity index (χ3v) is 5.48. The summed E-state index contributed by atoms with van der Waals surface area (Å²) >= 11 is 0. The van der Waals surface area contributed by atoms with Crippen LogP contribution >= 0.6 is 0 Å². The van der Waals surface area contributed by atoms with Crippen LogP contribution in [0.1, 0.15) is 28.8 Å². The molecule has 1 saturated carbocycles. The van der Waals surface area contributed by atoms with Crippen molar-refractivity contribution in [1.29, 1.82) is 0 Å². The summed E-state index contributed by atoms with van der Waals surface area (Å²) in [5, 5.41) is 13.8. The number of hydrogen-bond donors (Lipinski definition) is 2. The molecule has 9 heteroatoms. The van der Waals surface area contributed by atoms with Gasteiger partial charge < -0.3 is 5.32 Å². The molecular formula is C17H17N3O5S. The third-order valence-electron chi connectivity index (χ3n) is 3.97. The van der Waals surface area contributed by atoms with Crippen LogP contribution in [-0.2, 0) is 10.0 Å². The Hall–Kier alpha value is -2.78. The summed E-state index contributed by atoms with van der Waals surface area (Å²) in [6, 6.07) is 10.2. The van der Waals surface area contributed by atoms with Crippen LogP contribution in [-0.4, -0.2) is 25.3 Å². The van der Waals surface area contributed by atoms with E-state index in [-0.39, 0.29) is 27.9 Å². The average Bonchev–Trinajstić information content (AvgIpc) is 3.37. The van der Waals surface area contributed by atoms with Crippen LogP contribution in [0, 0.1) is 17.0 Å². The fraction of sp³-hybridized carbons (Fsp3) is 0.235. The monoisotopic (exact) mass is 375 g/mol. The zero-order chi connectivity index (χ0) is 18.9. The number of carbonyl (C=O) groups is 1. The first kappa shape index (κ1) is 18.0. The molecule has 0 atom stereocenters. The fourth-order valence-corrected chi connectivity index (χ4v) is 3.86. The lowest BCUT2D eigenvalue weighted by Crippen LogP contribution is -2.25. The predicted octanol–water partition coefficient (Wildman–Crippen LogP) is 2.60. The summed E-state index contributed by atoms with van der Waals surface area (Å²) < 4.78 is 27.1. The fourth-order valence-electron chi connectivity index (χ4n) is 2.51. The number of aryl methyl sites for hydroxylation is 1. The van der Waals surface area contributed by atoms with Crippen LogP contribution in [0.5, 0.6) is 0 Å². The summed E-state index contributed by atoms with van der Waals surface area (Å²) in [7, 11) is -3.66. The number of nitrogens with zero attached hydrogens (tertiary/aromatic N) is 1. The molecule has 0 spiro atoms. The third kappa shape index (κ3) is 3.89. The maximum Gasteiger partial charge on any atom is 0.285 e. The van der Waals surface area contributed by atoms with E-state index in [0.717, 1.165) is 12.8 Å². The number of carbonyl (C=O) groups excluding carboxylic acids is 1. The molecule has 1 aliphatic rings. The van der Waals surface area contributed by atoms with Gasteiger partial charge in [0.15, 0.2) is 0 Å². The first-order valence-corrected chi connectivity index (χ1v) is 9.44. The molecule has 136 valence electrons. The Morgan fingerprint density at radius 3 is 2.54 bits per heavy atom. The van der Waals surface area contributed by atoms with E-state index in [1.807, 2.05) is 0 Å². The van der Waals surface area contributed by atoms with E-state index in [2.05, 4.69) is 10.0 Å². The van der Waals surface area contributed by atoms with Gasteiger partial charge in [-0.05, 0) is 44.0 Å². The Labute approximate surface area is 150 Å². The summed E-state index contributed by atoms with van der Waals surface area (Å²) in [5.41, 5.74) is 0.251. The van der Waals surface area contributed by atoms with Crippen molar-refractivity contribution in [3.63, 3.8) is 0 Å². The predicted molar refractivity (Wildman–Crippen MR) is 95.6 cm³/mol. The molecule has 2 aromatic carbocycles. The second-order valence-electron chi connectivity index (χ2n) is 6.11. The van der Waals surface area contributed by atoms with E-state index >= 15 is 0 Å². The number of nitrogens with one attached hydrogen (secondary N) is 2. The van der Waals surface area contributed by atoms with Crippen molar-refractivity contribution >= 4 is 27.3 Å². The van der Waals surface area contributed by atoms with Crippen LogP contribution in [0.2, 0.25) is 0 Å². The van der Waals surface area contributed by atoms with Crippen molar-refractivity contribution in [3.8, 4) is 0 Å². The van der Waals surface area contributed by atoms with Crippen molar-refractivity contribution < 1.29 is 18.1 Å². The molecule has 3 rings (SSSR count). The normalized spacial score (nSPS) is 14.0. The van der Waals surface area contributed by atoms with Crippen molar-refractivity contribution in [1.82, 2.24) is 4.72 Å². The molecule has 0 heterocycles. The standard InChI is InChI=1S/C17H17N3O5S/c1-11-4-2-7-15(16(11)20(22)23)17(21)18-13-5-3-6-14(10-13)26(24,25)19-12-8-9-12/h2-7,10,12,19H,8-9H2,1H3,(H,18,21). The summed E-state index contributed by atoms with van der Waals surface area (Å²) in [4.78, 5) is 23.1. The minimum atomic E-state index is -3.66. The van der Waals surface area contributed by atoms with Gasteiger partial charge in [-0.1, -0.05) is 18.2 Å². The lowest BCUT2D eigenvalue weighted by atomic mass is 10.1. The molecule has 0 saturated heterocycles. The maximum absolute atomic E-state index is 12.5. The molecule has 1 amide bonds. The highest BCUT2D eigenvalue weighted by Gasteiger charge is 2.28. The summed E-state index contributed by atoms with van der Waals surface area (Å²) in [6.45, 7) is 1.55. The molecule has 2 N–H and O–H groups in total. The lowest BCUT2D eigenvalue weighted by Gasteiger charge is -2.10. The SMILES string of the molecule is Cc1cccc(C(=O)Nc2cccc(S(=O)(=O)NC3CC3)c2)c1[N+](=O)[O-]. The van der Waals surface area contributed by atoms with Gasteiger partial charge in [0.25, 0.3) is 11.6 Å². The van der Waals surface area contributed by atoms with Gasteiger partial charge in [-0.25, -0.2) is 13.1 Å². The second-order valence-corrected chi connectivity index (χ2v) is 7.82. The molecule has 0 radical (unpaired) electrons. The van der Waals surface area contributed by atoms with Gasteiger partial charge in [-0.2, -0.15) is 0 Å². The Balaban J connectivity index is 1.86. The Bertz CT molecular complexity index is 984. The number of rotatable bonds is 6. The summed E-state index contributed by atoms with van der Waals surface area (Å²) in [6.07, 6.45) is 1.62. The molecule has 1 aliphatic carbocycles. The number of sulfonamides is 1. The van der Waals surface area contributed by atoms with Gasteiger partial charge >= 0.3 is 0 Å². The second kappa shape index (κ2) is 6.85. The van der Waals surface area contributed by atoms with Crippen LogP contribution < -0.4 is 10.0 Å². The van der Waals surface area contributed by atoms with E-state index in [1.54, 1.807) is 19.1 Å². The number of hydrogen-bond acceptors (Lipinski definition) is 5. The van der Waals surface area contributed by atoms with Crippen molar-refractivity contribution in [2.75, 3.05) is 5.32 Å². The van der Waals surface area contributed by atoms with Crippen LogP contribution in [0.15, 0.2) is 47.4 Å². The van der Waals surface area contributed by atoms with E-state index in [4.69, 9.17) is 0 Å². The molecule has 1 fully saturated rings. The van der Waals surface area contributed by atoms with Crippen LogP contribution in [0.4, 0.5) is 11.4 Å². The molecule has 8 nitrogen and oxygen atoms in total. The smallest absolute Gasteiger partial charge is 0.285 e. The minimum Gasteiger partial charge on any atom is -0.322 e. The minimum absolute atomic E-state index is 0.0286. The molecular weight excluding hydrogens is 358 g/mol. The van der Waals surface area contributed by atoms with Crippen molar-refractivity contribution in [3.05, 3.63) is 63.7 Å². The molecule has 0 unspecified atom stereocenters. The van der Waals surface area contributed by atoms with E-state index < -0.39 is 20.9 Å². The number of nitro groups is 1. The molecule has 0 aliphatic heterocycles. The summed E-state index contributed by atoms with van der Waals surface area (Å²) in [5.74, 6) is -0.676. The Morgan fingerprint density at radius 1 is 1.19 bits per heavy atom. The zero-order valence-corrected chi connectivity index (χ0v) is 14.7. The number of benzene rings is 2. The Morgan fingerprint density at radius 2 is 1.88 bits per heavy atom. The highest BCUT2D eigenvalue weighted by atomic mass is 32.2. The van der Waals surface area contributed by atoms with Crippen molar-refractivity contribution in [2.45, 2.75) is 30.7 Å². The van der Waals surface area contributed by atoms with Crippen molar-refractivity contribution in [2.24, 2.45) is 0 Å². The first-order chi connectivity index (χ1) is 12.3. The van der Waals surface area contributed by atoms with Gasteiger partial charge in [-0.15, -0.1) is 0 Å². The first-order valence-electron chi connectivity index (χ1n) is 7.96. The van der Waals surface area contributed by atoms with Crippen LogP contribution in [0.3, 0.4) is 0 Å². The average molecular weight is 375 g/mol. The molecule has 26 heavy (non-hydrogen) atoms. The highest BCUT2D eigenvalue weighted by Crippen LogP contribution is 2.26.